The molecule has 1 aliphatic rings. The van der Waals surface area contributed by atoms with Crippen molar-refractivity contribution in [2.24, 2.45) is 17.3 Å². The molecule has 106 valence electrons. The van der Waals surface area contributed by atoms with Crippen molar-refractivity contribution in [3.05, 3.63) is 34.3 Å². The van der Waals surface area contributed by atoms with Crippen LogP contribution in [0.3, 0.4) is 0 Å². The third-order valence-electron chi connectivity index (χ3n) is 4.53. The van der Waals surface area contributed by atoms with E-state index in [-0.39, 0.29) is 0 Å². The van der Waals surface area contributed by atoms with Gasteiger partial charge in [0.05, 0.1) is 0 Å². The van der Waals surface area contributed by atoms with Crippen LogP contribution in [0.1, 0.15) is 39.2 Å². The fourth-order valence-electron chi connectivity index (χ4n) is 3.34. The number of piperidine rings is 1. The SMILES string of the molecule is CC(C)CC1CNCCC1(C)Cc1ccc(Br)cc1. The molecule has 0 spiro atoms. The van der Waals surface area contributed by atoms with E-state index in [1.54, 1.807) is 0 Å². The fourth-order valence-corrected chi connectivity index (χ4v) is 3.60. The quantitative estimate of drug-likeness (QED) is 0.850. The zero-order valence-corrected chi connectivity index (χ0v) is 14.0. The van der Waals surface area contributed by atoms with Gasteiger partial charge in [-0.25, -0.2) is 0 Å². The lowest BCUT2D eigenvalue weighted by molar-refractivity contribution is 0.109. The van der Waals surface area contributed by atoms with Crippen LogP contribution in [0.5, 0.6) is 0 Å². The highest BCUT2D eigenvalue weighted by Gasteiger charge is 2.36. The van der Waals surface area contributed by atoms with E-state index < -0.39 is 0 Å². The zero-order valence-electron chi connectivity index (χ0n) is 12.4. The van der Waals surface area contributed by atoms with Gasteiger partial charge in [-0.3, -0.25) is 0 Å². The van der Waals surface area contributed by atoms with E-state index in [0.29, 0.717) is 5.41 Å². The summed E-state index contributed by atoms with van der Waals surface area (Å²) in [5, 5.41) is 3.58. The molecule has 1 N–H and O–H groups in total. The minimum absolute atomic E-state index is 0.448. The van der Waals surface area contributed by atoms with E-state index in [2.05, 4.69) is 66.3 Å². The summed E-state index contributed by atoms with van der Waals surface area (Å²) in [7, 11) is 0. The van der Waals surface area contributed by atoms with Crippen LogP contribution in [0.25, 0.3) is 0 Å². The van der Waals surface area contributed by atoms with Crippen LogP contribution in [0.2, 0.25) is 0 Å². The predicted octanol–water partition coefficient (Wildman–Crippen LogP) is 4.65. The van der Waals surface area contributed by atoms with Crippen LogP contribution in [0, 0.1) is 17.3 Å². The molecule has 0 amide bonds. The lowest BCUT2D eigenvalue weighted by Gasteiger charge is -2.43. The Labute approximate surface area is 126 Å². The lowest BCUT2D eigenvalue weighted by atomic mass is 9.66. The highest BCUT2D eigenvalue weighted by molar-refractivity contribution is 9.10. The largest absolute Gasteiger partial charge is 0.316 e. The summed E-state index contributed by atoms with van der Waals surface area (Å²) in [6.45, 7) is 9.53. The number of hydrogen-bond acceptors (Lipinski definition) is 1. The second-order valence-corrected chi connectivity index (χ2v) is 7.65. The fraction of sp³-hybridized carbons (Fsp3) is 0.647. The number of rotatable bonds is 4. The standard InChI is InChI=1S/C17H26BrN/c1-13(2)10-15-12-19-9-8-17(15,3)11-14-4-6-16(18)7-5-14/h4-7,13,15,19H,8-12H2,1-3H3. The van der Waals surface area contributed by atoms with Crippen LogP contribution in [0.4, 0.5) is 0 Å². The second kappa shape index (κ2) is 6.41. The minimum Gasteiger partial charge on any atom is -0.316 e. The summed E-state index contributed by atoms with van der Waals surface area (Å²) in [4.78, 5) is 0. The van der Waals surface area contributed by atoms with E-state index in [1.807, 2.05) is 0 Å². The van der Waals surface area contributed by atoms with Crippen LogP contribution >= 0.6 is 15.9 Å². The molecule has 0 saturated carbocycles. The maximum Gasteiger partial charge on any atom is 0.0175 e. The molecule has 2 unspecified atom stereocenters. The van der Waals surface area contributed by atoms with Gasteiger partial charge in [0.1, 0.15) is 0 Å². The van der Waals surface area contributed by atoms with Gasteiger partial charge in [-0.15, -0.1) is 0 Å². The molecule has 0 radical (unpaired) electrons. The van der Waals surface area contributed by atoms with Gasteiger partial charge in [0.25, 0.3) is 0 Å². The van der Waals surface area contributed by atoms with E-state index in [9.17, 15) is 0 Å². The molecular weight excluding hydrogens is 298 g/mol. The van der Waals surface area contributed by atoms with Gasteiger partial charge < -0.3 is 5.32 Å². The maximum atomic E-state index is 3.58. The van der Waals surface area contributed by atoms with Gasteiger partial charge in [0.15, 0.2) is 0 Å². The second-order valence-electron chi connectivity index (χ2n) is 6.74. The average molecular weight is 324 g/mol. The Hall–Kier alpha value is -0.340. The third-order valence-corrected chi connectivity index (χ3v) is 5.06. The molecule has 0 bridgehead atoms. The number of halogens is 1. The van der Waals surface area contributed by atoms with Crippen LogP contribution in [-0.4, -0.2) is 13.1 Å². The average Bonchev–Trinajstić information content (AvgIpc) is 2.35. The molecule has 1 nitrogen and oxygen atoms in total. The van der Waals surface area contributed by atoms with Gasteiger partial charge in [-0.1, -0.05) is 48.8 Å². The van der Waals surface area contributed by atoms with Gasteiger partial charge >= 0.3 is 0 Å². The number of nitrogens with one attached hydrogen (secondary N) is 1. The van der Waals surface area contributed by atoms with Crippen molar-refractivity contribution in [3.8, 4) is 0 Å². The maximum absolute atomic E-state index is 3.58. The Bertz CT molecular complexity index is 398. The molecule has 1 saturated heterocycles. The van der Waals surface area contributed by atoms with Gasteiger partial charge in [0, 0.05) is 4.47 Å². The Morgan fingerprint density at radius 2 is 2.00 bits per heavy atom. The van der Waals surface area contributed by atoms with E-state index in [0.717, 1.165) is 11.8 Å². The van der Waals surface area contributed by atoms with E-state index >= 15 is 0 Å². The van der Waals surface area contributed by atoms with Crippen molar-refractivity contribution < 1.29 is 0 Å². The van der Waals surface area contributed by atoms with Crippen molar-refractivity contribution in [3.63, 3.8) is 0 Å². The molecule has 1 aromatic carbocycles. The first-order valence-electron chi connectivity index (χ1n) is 7.45. The van der Waals surface area contributed by atoms with Crippen LogP contribution in [-0.2, 0) is 6.42 Å². The molecule has 1 aliphatic heterocycles. The highest BCUT2D eigenvalue weighted by atomic mass is 79.9. The Balaban J connectivity index is 2.11. The van der Waals surface area contributed by atoms with Crippen molar-refractivity contribution in [1.29, 1.82) is 0 Å². The first-order valence-corrected chi connectivity index (χ1v) is 8.24. The Morgan fingerprint density at radius 3 is 2.63 bits per heavy atom. The minimum atomic E-state index is 0.448. The molecule has 2 atom stereocenters. The first kappa shape index (κ1) is 15.1. The van der Waals surface area contributed by atoms with Crippen LogP contribution < -0.4 is 5.32 Å². The molecule has 19 heavy (non-hydrogen) atoms. The topological polar surface area (TPSA) is 12.0 Å². The third kappa shape index (κ3) is 4.06. The molecule has 1 fully saturated rings. The molecular formula is C17H26BrN. The highest BCUT2D eigenvalue weighted by Crippen LogP contribution is 2.40. The summed E-state index contributed by atoms with van der Waals surface area (Å²) in [5.74, 6) is 1.58. The molecule has 2 rings (SSSR count). The Kier molecular flexibility index (Phi) is 5.08. The van der Waals surface area contributed by atoms with Crippen molar-refractivity contribution in [2.45, 2.75) is 40.0 Å². The number of hydrogen-bond donors (Lipinski definition) is 1. The van der Waals surface area contributed by atoms with E-state index in [4.69, 9.17) is 0 Å². The van der Waals surface area contributed by atoms with Gasteiger partial charge in [-0.2, -0.15) is 0 Å². The lowest BCUT2D eigenvalue weighted by Crippen LogP contribution is -2.45. The molecule has 0 aromatic heterocycles. The summed E-state index contributed by atoms with van der Waals surface area (Å²) in [6.07, 6.45) is 3.83. The molecule has 0 aliphatic carbocycles. The van der Waals surface area contributed by atoms with Crippen LogP contribution in [0.15, 0.2) is 28.7 Å². The molecule has 2 heteroatoms. The zero-order chi connectivity index (χ0) is 13.9. The Morgan fingerprint density at radius 1 is 1.32 bits per heavy atom. The van der Waals surface area contributed by atoms with E-state index in [1.165, 1.54) is 42.4 Å². The first-order chi connectivity index (χ1) is 8.99. The summed E-state index contributed by atoms with van der Waals surface area (Å²) in [6, 6.07) is 8.86. The number of benzene rings is 1. The van der Waals surface area contributed by atoms with Gasteiger partial charge in [-0.05, 0) is 67.3 Å². The molecule has 1 aromatic rings. The summed E-state index contributed by atoms with van der Waals surface area (Å²) < 4.78 is 1.17. The summed E-state index contributed by atoms with van der Waals surface area (Å²) in [5.41, 5.74) is 1.92. The molecule has 1 heterocycles. The smallest absolute Gasteiger partial charge is 0.0175 e. The normalized spacial score (nSPS) is 27.7. The monoisotopic (exact) mass is 323 g/mol. The van der Waals surface area contributed by atoms with Crippen molar-refractivity contribution in [1.82, 2.24) is 5.32 Å². The predicted molar refractivity (Wildman–Crippen MR) is 86.4 cm³/mol. The van der Waals surface area contributed by atoms with Crippen molar-refractivity contribution in [2.75, 3.05) is 13.1 Å². The summed E-state index contributed by atoms with van der Waals surface area (Å²) >= 11 is 3.52. The van der Waals surface area contributed by atoms with Gasteiger partial charge in [0.2, 0.25) is 0 Å². The van der Waals surface area contributed by atoms with Crippen molar-refractivity contribution >= 4 is 15.9 Å².